The van der Waals surface area contributed by atoms with Gasteiger partial charge in [-0.2, -0.15) is 0 Å². The summed E-state index contributed by atoms with van der Waals surface area (Å²) in [6.07, 6.45) is 9.19. The lowest BCUT2D eigenvalue weighted by Gasteiger charge is -2.23. The van der Waals surface area contributed by atoms with E-state index in [4.69, 9.17) is 0 Å². The zero-order valence-corrected chi connectivity index (χ0v) is 12.9. The molecule has 0 heterocycles. The summed E-state index contributed by atoms with van der Waals surface area (Å²) in [5, 5.41) is 2.76. The highest BCUT2D eigenvalue weighted by atomic mass is 14.4. The van der Waals surface area contributed by atoms with Crippen LogP contribution in [-0.4, -0.2) is 0 Å². The Balaban J connectivity index is 1.84. The van der Waals surface area contributed by atoms with E-state index in [2.05, 4.69) is 91.0 Å². The Morgan fingerprint density at radius 1 is 0.652 bits per heavy atom. The van der Waals surface area contributed by atoms with Crippen molar-refractivity contribution in [2.75, 3.05) is 0 Å². The van der Waals surface area contributed by atoms with Gasteiger partial charge in [0.1, 0.15) is 0 Å². The lowest BCUT2D eigenvalue weighted by Crippen LogP contribution is -2.11. The van der Waals surface area contributed by atoms with Gasteiger partial charge in [-0.1, -0.05) is 91.0 Å². The van der Waals surface area contributed by atoms with Crippen molar-refractivity contribution >= 4 is 10.8 Å². The van der Waals surface area contributed by atoms with Gasteiger partial charge in [0.25, 0.3) is 0 Å². The van der Waals surface area contributed by atoms with Crippen LogP contribution >= 0.6 is 0 Å². The van der Waals surface area contributed by atoms with E-state index >= 15 is 0 Å². The zero-order valence-electron chi connectivity index (χ0n) is 12.9. The van der Waals surface area contributed by atoms with Crippen LogP contribution in [0.3, 0.4) is 0 Å². The van der Waals surface area contributed by atoms with Crippen molar-refractivity contribution in [1.82, 2.24) is 0 Å². The topological polar surface area (TPSA) is 0 Å². The van der Waals surface area contributed by atoms with Crippen molar-refractivity contribution in [1.29, 1.82) is 0 Å². The normalized spacial score (nSPS) is 24.6. The molecule has 0 nitrogen and oxygen atoms in total. The smallest absolute Gasteiger partial charge is 0.0170 e. The van der Waals surface area contributed by atoms with E-state index in [9.17, 15) is 0 Å². The van der Waals surface area contributed by atoms with Gasteiger partial charge in [0.05, 0.1) is 0 Å². The summed E-state index contributed by atoms with van der Waals surface area (Å²) in [7, 11) is 0. The van der Waals surface area contributed by atoms with Crippen molar-refractivity contribution in [3.05, 3.63) is 108 Å². The molecule has 0 heteroatoms. The molecular weight excluding hydrogens is 276 g/mol. The molecule has 0 fully saturated rings. The van der Waals surface area contributed by atoms with Gasteiger partial charge in [-0.05, 0) is 33.4 Å². The third kappa shape index (κ3) is 1.85. The molecule has 2 aliphatic rings. The first-order valence-corrected chi connectivity index (χ1v) is 8.35. The molecule has 110 valence electrons. The van der Waals surface area contributed by atoms with Gasteiger partial charge in [-0.15, -0.1) is 0 Å². The van der Waals surface area contributed by atoms with Crippen LogP contribution in [0.4, 0.5) is 0 Å². The molecule has 0 unspecified atom stereocenters. The van der Waals surface area contributed by atoms with Crippen LogP contribution in [0, 0.1) is 5.92 Å². The summed E-state index contributed by atoms with van der Waals surface area (Å²) in [5.74, 6) is 1.48. The summed E-state index contributed by atoms with van der Waals surface area (Å²) in [6, 6.07) is 24.4. The van der Waals surface area contributed by atoms with E-state index in [0.29, 0.717) is 17.8 Å². The Bertz CT molecular complexity index is 931. The maximum Gasteiger partial charge on any atom is 0.0170 e. The highest BCUT2D eigenvalue weighted by molar-refractivity contribution is 5.89. The largest absolute Gasteiger partial charge is 0.0796 e. The van der Waals surface area contributed by atoms with Gasteiger partial charge in [0.2, 0.25) is 0 Å². The van der Waals surface area contributed by atoms with E-state index in [1.807, 2.05) is 0 Å². The molecule has 0 spiro atoms. The quantitative estimate of drug-likeness (QED) is 0.531. The number of fused-ring (bicyclic) bond motifs is 5. The van der Waals surface area contributed by atoms with Gasteiger partial charge in [-0.3, -0.25) is 0 Å². The Hall–Kier alpha value is -2.60. The Morgan fingerprint density at radius 2 is 1.43 bits per heavy atom. The maximum absolute atomic E-state index is 2.40. The molecule has 0 saturated heterocycles. The van der Waals surface area contributed by atoms with Crippen molar-refractivity contribution in [3.8, 4) is 0 Å². The molecule has 23 heavy (non-hydrogen) atoms. The van der Waals surface area contributed by atoms with Crippen molar-refractivity contribution < 1.29 is 0 Å². The molecule has 0 saturated carbocycles. The molecule has 5 rings (SSSR count). The molecule has 0 amide bonds. The second-order valence-corrected chi connectivity index (χ2v) is 6.55. The molecule has 3 atom stereocenters. The van der Waals surface area contributed by atoms with Crippen molar-refractivity contribution in [2.24, 2.45) is 5.92 Å². The fraction of sp³-hybridized carbons (Fsp3) is 0.130. The molecule has 0 N–H and O–H groups in total. The van der Waals surface area contributed by atoms with Crippen LogP contribution < -0.4 is 0 Å². The van der Waals surface area contributed by atoms with Crippen LogP contribution in [0.2, 0.25) is 0 Å². The van der Waals surface area contributed by atoms with Gasteiger partial charge in [0, 0.05) is 11.8 Å². The van der Waals surface area contributed by atoms with Gasteiger partial charge in [0.15, 0.2) is 0 Å². The third-order valence-electron chi connectivity index (χ3n) is 5.40. The number of rotatable bonds is 1. The van der Waals surface area contributed by atoms with Crippen molar-refractivity contribution in [3.63, 3.8) is 0 Å². The van der Waals surface area contributed by atoms with E-state index in [1.54, 1.807) is 0 Å². The monoisotopic (exact) mass is 294 g/mol. The van der Waals surface area contributed by atoms with Crippen LogP contribution in [-0.2, 0) is 0 Å². The summed E-state index contributed by atoms with van der Waals surface area (Å²) in [6.45, 7) is 0. The van der Waals surface area contributed by atoms with Gasteiger partial charge < -0.3 is 0 Å². The minimum absolute atomic E-state index is 0.448. The molecule has 0 aromatic heterocycles. The summed E-state index contributed by atoms with van der Waals surface area (Å²) in [5.41, 5.74) is 4.46. The van der Waals surface area contributed by atoms with Gasteiger partial charge >= 0.3 is 0 Å². The summed E-state index contributed by atoms with van der Waals surface area (Å²) >= 11 is 0. The van der Waals surface area contributed by atoms with E-state index in [1.165, 1.54) is 27.5 Å². The van der Waals surface area contributed by atoms with Crippen LogP contribution in [0.25, 0.3) is 10.8 Å². The second-order valence-electron chi connectivity index (χ2n) is 6.55. The molecule has 0 bridgehead atoms. The Labute approximate surface area is 136 Å². The fourth-order valence-electron chi connectivity index (χ4n) is 4.45. The number of allylic oxidation sites excluding steroid dienone is 4. The second kappa shape index (κ2) is 4.96. The summed E-state index contributed by atoms with van der Waals surface area (Å²) < 4.78 is 0. The molecule has 0 aliphatic heterocycles. The van der Waals surface area contributed by atoms with E-state index < -0.39 is 0 Å². The Kier molecular flexibility index (Phi) is 2.78. The lowest BCUT2D eigenvalue weighted by molar-refractivity contribution is 0.568. The predicted molar refractivity (Wildman–Crippen MR) is 96.7 cm³/mol. The molecule has 0 radical (unpaired) electrons. The van der Waals surface area contributed by atoms with Crippen molar-refractivity contribution in [2.45, 2.75) is 11.8 Å². The zero-order chi connectivity index (χ0) is 15.2. The SMILES string of the molecule is C1=C[C@@H]2[C@@H](c3ccccc3)c3c(ccc4ccccc34)[C@H]2C=C1. The first-order chi connectivity index (χ1) is 11.4. The van der Waals surface area contributed by atoms with Crippen LogP contribution in [0.1, 0.15) is 28.5 Å². The molecule has 3 aromatic rings. The summed E-state index contributed by atoms with van der Waals surface area (Å²) in [4.78, 5) is 0. The van der Waals surface area contributed by atoms with Crippen LogP contribution in [0.15, 0.2) is 91.0 Å². The average molecular weight is 294 g/mol. The standard InChI is InChI=1S/C23H18/c1-2-9-17(10-3-1)22-20-13-7-6-12-19(20)21-15-14-16-8-4-5-11-18(16)23(21)22/h1-15,19-20,22H/t19-,20-,22+/m0/s1. The fourth-order valence-corrected chi connectivity index (χ4v) is 4.45. The van der Waals surface area contributed by atoms with Crippen LogP contribution in [0.5, 0.6) is 0 Å². The molecule has 2 aliphatic carbocycles. The van der Waals surface area contributed by atoms with E-state index in [0.717, 1.165) is 0 Å². The highest BCUT2D eigenvalue weighted by Gasteiger charge is 2.40. The number of benzene rings is 3. The highest BCUT2D eigenvalue weighted by Crippen LogP contribution is 2.54. The van der Waals surface area contributed by atoms with E-state index in [-0.39, 0.29) is 0 Å². The minimum atomic E-state index is 0.448. The first kappa shape index (κ1) is 12.9. The molecule has 3 aromatic carbocycles. The molecular formula is C23H18. The van der Waals surface area contributed by atoms with Gasteiger partial charge in [-0.25, -0.2) is 0 Å². The number of hydrogen-bond donors (Lipinski definition) is 0. The lowest BCUT2D eigenvalue weighted by atomic mass is 9.80. The third-order valence-corrected chi connectivity index (χ3v) is 5.40. The maximum atomic E-state index is 2.40. The number of hydrogen-bond acceptors (Lipinski definition) is 0. The Morgan fingerprint density at radius 3 is 2.35 bits per heavy atom. The predicted octanol–water partition coefficient (Wildman–Crippen LogP) is 5.81. The first-order valence-electron chi connectivity index (χ1n) is 8.35. The minimum Gasteiger partial charge on any atom is -0.0796 e. The average Bonchev–Trinajstić information content (AvgIpc) is 2.97.